The summed E-state index contributed by atoms with van der Waals surface area (Å²) in [6.45, 7) is 0.533. The molecule has 0 aliphatic carbocycles. The van der Waals surface area contributed by atoms with Crippen LogP contribution in [0.4, 0.5) is 0 Å². The fourth-order valence-electron chi connectivity index (χ4n) is 2.38. The lowest BCUT2D eigenvalue weighted by Gasteiger charge is -2.09. The minimum atomic E-state index is 0.360. The molecule has 0 amide bonds. The van der Waals surface area contributed by atoms with Gasteiger partial charge in [0.05, 0.1) is 5.71 Å². The zero-order valence-corrected chi connectivity index (χ0v) is 14.3. The van der Waals surface area contributed by atoms with Gasteiger partial charge >= 0.3 is 0 Å². The number of nitrogens with two attached hydrogens (primary N) is 1. The van der Waals surface area contributed by atoms with E-state index >= 15 is 0 Å². The van der Waals surface area contributed by atoms with Crippen molar-refractivity contribution < 1.29 is 9.47 Å². The van der Waals surface area contributed by atoms with Crippen molar-refractivity contribution in [3.05, 3.63) is 102 Å². The quantitative estimate of drug-likeness (QED) is 0.599. The molecule has 0 atom stereocenters. The molecule has 3 rings (SSSR count). The number of ether oxygens (including phenoxy) is 2. The van der Waals surface area contributed by atoms with Crippen LogP contribution in [0.1, 0.15) is 11.1 Å². The third-order valence-corrected chi connectivity index (χ3v) is 3.74. The van der Waals surface area contributed by atoms with Gasteiger partial charge in [-0.3, -0.25) is 0 Å². The highest BCUT2D eigenvalue weighted by Gasteiger charge is 2.02. The average Bonchev–Trinajstić information content (AvgIpc) is 2.69. The molecule has 0 saturated heterocycles. The van der Waals surface area contributed by atoms with E-state index in [4.69, 9.17) is 20.6 Å². The summed E-state index contributed by atoms with van der Waals surface area (Å²) in [6.07, 6.45) is 2.90. The molecule has 4 heteroatoms. The molecule has 4 nitrogen and oxygen atoms in total. The van der Waals surface area contributed by atoms with E-state index in [1.165, 1.54) is 6.20 Å². The standard InChI is InChI=1S/C22H20N2O2/c23-15-14-22(24)18-6-8-20(9-7-18)26-21-12-10-19(11-13-21)25-16-17-4-2-1-3-5-17/h1-15,24H,16,23H2. The number of benzene rings is 3. The Hall–Kier alpha value is -3.53. The highest BCUT2D eigenvalue weighted by Crippen LogP contribution is 2.24. The summed E-state index contributed by atoms with van der Waals surface area (Å²) >= 11 is 0. The van der Waals surface area contributed by atoms with Crippen molar-refractivity contribution in [1.82, 2.24) is 0 Å². The van der Waals surface area contributed by atoms with Crippen LogP contribution in [-0.4, -0.2) is 5.71 Å². The zero-order chi connectivity index (χ0) is 18.2. The fourth-order valence-corrected chi connectivity index (χ4v) is 2.38. The first-order valence-corrected chi connectivity index (χ1v) is 8.26. The molecule has 0 bridgehead atoms. The Bertz CT molecular complexity index is 870. The second kappa shape index (κ2) is 8.53. The maximum absolute atomic E-state index is 7.83. The molecule has 0 unspecified atom stereocenters. The van der Waals surface area contributed by atoms with Crippen LogP contribution in [0.5, 0.6) is 17.2 Å². The molecule has 0 spiro atoms. The van der Waals surface area contributed by atoms with Crippen molar-refractivity contribution in [3.8, 4) is 17.2 Å². The van der Waals surface area contributed by atoms with Gasteiger partial charge in [-0.25, -0.2) is 0 Å². The van der Waals surface area contributed by atoms with Crippen LogP contribution in [0.3, 0.4) is 0 Å². The maximum Gasteiger partial charge on any atom is 0.127 e. The smallest absolute Gasteiger partial charge is 0.127 e. The van der Waals surface area contributed by atoms with Crippen LogP contribution >= 0.6 is 0 Å². The molecule has 0 aliphatic heterocycles. The van der Waals surface area contributed by atoms with E-state index in [-0.39, 0.29) is 0 Å². The Balaban J connectivity index is 1.58. The summed E-state index contributed by atoms with van der Waals surface area (Å²) in [5.41, 5.74) is 7.58. The van der Waals surface area contributed by atoms with Gasteiger partial charge in [-0.05, 0) is 71.9 Å². The first-order valence-electron chi connectivity index (χ1n) is 8.26. The Morgan fingerprint density at radius 2 is 1.38 bits per heavy atom. The highest BCUT2D eigenvalue weighted by molar-refractivity contribution is 6.06. The van der Waals surface area contributed by atoms with E-state index in [9.17, 15) is 0 Å². The lowest BCUT2D eigenvalue weighted by atomic mass is 10.1. The molecule has 0 saturated carbocycles. The maximum atomic E-state index is 7.83. The molecular formula is C22H20N2O2. The van der Waals surface area contributed by atoms with E-state index in [0.717, 1.165) is 22.6 Å². The summed E-state index contributed by atoms with van der Waals surface area (Å²) in [6, 6.07) is 24.9. The SMILES string of the molecule is N=C(C=CN)c1ccc(Oc2ccc(OCc3ccccc3)cc2)cc1. The molecule has 130 valence electrons. The molecule has 0 fully saturated rings. The van der Waals surface area contributed by atoms with Crippen LogP contribution in [0.2, 0.25) is 0 Å². The van der Waals surface area contributed by atoms with E-state index in [1.54, 1.807) is 6.08 Å². The zero-order valence-electron chi connectivity index (χ0n) is 14.3. The van der Waals surface area contributed by atoms with Gasteiger partial charge in [-0.1, -0.05) is 30.3 Å². The monoisotopic (exact) mass is 344 g/mol. The molecule has 0 radical (unpaired) electrons. The Labute approximate surface area is 153 Å². The third kappa shape index (κ3) is 4.74. The van der Waals surface area contributed by atoms with Gasteiger partial charge < -0.3 is 20.6 Å². The van der Waals surface area contributed by atoms with Crippen LogP contribution in [0, 0.1) is 5.41 Å². The van der Waals surface area contributed by atoms with Gasteiger partial charge in [-0.15, -0.1) is 0 Å². The predicted molar refractivity (Wildman–Crippen MR) is 104 cm³/mol. The Kier molecular flexibility index (Phi) is 5.68. The minimum absolute atomic E-state index is 0.360. The van der Waals surface area contributed by atoms with Gasteiger partial charge in [0.1, 0.15) is 23.9 Å². The van der Waals surface area contributed by atoms with Crippen molar-refractivity contribution in [2.45, 2.75) is 6.61 Å². The lowest BCUT2D eigenvalue weighted by molar-refractivity contribution is 0.306. The lowest BCUT2D eigenvalue weighted by Crippen LogP contribution is -1.96. The highest BCUT2D eigenvalue weighted by atomic mass is 16.5. The van der Waals surface area contributed by atoms with Crippen LogP contribution < -0.4 is 15.2 Å². The predicted octanol–water partition coefficient (Wildman–Crippen LogP) is 4.90. The first-order chi connectivity index (χ1) is 12.7. The summed E-state index contributed by atoms with van der Waals surface area (Å²) in [4.78, 5) is 0. The molecule has 3 aromatic rings. The van der Waals surface area contributed by atoms with Crippen LogP contribution in [0.15, 0.2) is 91.1 Å². The number of rotatable bonds is 7. The van der Waals surface area contributed by atoms with E-state index in [2.05, 4.69) is 0 Å². The van der Waals surface area contributed by atoms with Crippen LogP contribution in [-0.2, 0) is 6.61 Å². The van der Waals surface area contributed by atoms with Crippen molar-refractivity contribution in [2.24, 2.45) is 5.73 Å². The van der Waals surface area contributed by atoms with Crippen molar-refractivity contribution in [1.29, 1.82) is 5.41 Å². The van der Waals surface area contributed by atoms with Crippen molar-refractivity contribution in [3.63, 3.8) is 0 Å². The molecule has 26 heavy (non-hydrogen) atoms. The van der Waals surface area contributed by atoms with E-state index in [0.29, 0.717) is 18.1 Å². The van der Waals surface area contributed by atoms with Crippen LogP contribution in [0.25, 0.3) is 0 Å². The number of hydrogen-bond acceptors (Lipinski definition) is 4. The third-order valence-electron chi connectivity index (χ3n) is 3.74. The van der Waals surface area contributed by atoms with Gasteiger partial charge in [0.15, 0.2) is 0 Å². The summed E-state index contributed by atoms with van der Waals surface area (Å²) in [7, 11) is 0. The summed E-state index contributed by atoms with van der Waals surface area (Å²) < 4.78 is 11.6. The summed E-state index contributed by atoms with van der Waals surface area (Å²) in [5, 5.41) is 7.83. The second-order valence-corrected chi connectivity index (χ2v) is 5.64. The second-order valence-electron chi connectivity index (χ2n) is 5.64. The molecule has 3 N–H and O–H groups in total. The molecular weight excluding hydrogens is 324 g/mol. The Morgan fingerprint density at radius 3 is 2.00 bits per heavy atom. The van der Waals surface area contributed by atoms with Gasteiger partial charge in [0.25, 0.3) is 0 Å². The van der Waals surface area contributed by atoms with E-state index in [1.807, 2.05) is 78.9 Å². The van der Waals surface area contributed by atoms with Crippen molar-refractivity contribution in [2.75, 3.05) is 0 Å². The van der Waals surface area contributed by atoms with Gasteiger partial charge in [0.2, 0.25) is 0 Å². The normalized spacial score (nSPS) is 10.6. The summed E-state index contributed by atoms with van der Waals surface area (Å²) in [5.74, 6) is 2.22. The molecule has 3 aromatic carbocycles. The Morgan fingerprint density at radius 1 is 0.808 bits per heavy atom. The number of hydrogen-bond donors (Lipinski definition) is 2. The number of nitrogens with one attached hydrogen (secondary N) is 1. The molecule has 0 aliphatic rings. The first kappa shape index (κ1) is 17.3. The van der Waals surface area contributed by atoms with Crippen molar-refractivity contribution >= 4 is 5.71 Å². The fraction of sp³-hybridized carbons (Fsp3) is 0.0455. The van der Waals surface area contributed by atoms with Gasteiger partial charge in [0, 0.05) is 0 Å². The topological polar surface area (TPSA) is 68.3 Å². The largest absolute Gasteiger partial charge is 0.489 e. The minimum Gasteiger partial charge on any atom is -0.489 e. The molecule has 0 heterocycles. The number of allylic oxidation sites excluding steroid dienone is 1. The molecule has 0 aromatic heterocycles. The average molecular weight is 344 g/mol. The van der Waals surface area contributed by atoms with E-state index < -0.39 is 0 Å². The van der Waals surface area contributed by atoms with Gasteiger partial charge in [-0.2, -0.15) is 0 Å².